The number of sulfone groups is 1. The molecule has 0 saturated heterocycles. The van der Waals surface area contributed by atoms with Crippen LogP contribution in [0.1, 0.15) is 12.5 Å². The van der Waals surface area contributed by atoms with Gasteiger partial charge in [-0.25, -0.2) is 8.42 Å². The number of carbonyl (C=O) groups is 1. The zero-order valence-electron chi connectivity index (χ0n) is 11.6. The SMILES string of the molecule is CC(Cc1cn(C)c2ccc(S(C)(=O)=O)cc12)C(=O)O. The zero-order chi connectivity index (χ0) is 15.1. The largest absolute Gasteiger partial charge is 0.481 e. The molecular formula is C14H17NO4S. The minimum Gasteiger partial charge on any atom is -0.481 e. The van der Waals surface area contributed by atoms with Crippen molar-refractivity contribution in [1.82, 2.24) is 4.57 Å². The van der Waals surface area contributed by atoms with E-state index in [2.05, 4.69) is 0 Å². The van der Waals surface area contributed by atoms with Crippen molar-refractivity contribution in [2.75, 3.05) is 6.26 Å². The van der Waals surface area contributed by atoms with E-state index in [0.29, 0.717) is 6.42 Å². The Labute approximate surface area is 117 Å². The van der Waals surface area contributed by atoms with Crippen LogP contribution in [0.4, 0.5) is 0 Å². The Kier molecular flexibility index (Phi) is 3.60. The van der Waals surface area contributed by atoms with Crippen LogP contribution in [0.25, 0.3) is 10.9 Å². The fourth-order valence-electron chi connectivity index (χ4n) is 2.26. The minimum absolute atomic E-state index is 0.250. The maximum atomic E-state index is 11.6. The normalized spacial score (nSPS) is 13.6. The molecular weight excluding hydrogens is 278 g/mol. The lowest BCUT2D eigenvalue weighted by atomic mass is 10.0. The minimum atomic E-state index is -3.27. The standard InChI is InChI=1S/C14H17NO4S/c1-9(14(16)17)6-10-8-15(2)13-5-4-11(7-12(10)13)20(3,18)19/h4-5,7-9H,6H2,1-3H3,(H,16,17). The molecule has 2 rings (SSSR count). The van der Waals surface area contributed by atoms with E-state index >= 15 is 0 Å². The molecule has 1 atom stereocenters. The van der Waals surface area contributed by atoms with Crippen LogP contribution >= 0.6 is 0 Å². The molecule has 1 heterocycles. The van der Waals surface area contributed by atoms with Crippen LogP contribution in [0.15, 0.2) is 29.3 Å². The zero-order valence-corrected chi connectivity index (χ0v) is 12.4. The summed E-state index contributed by atoms with van der Waals surface area (Å²) in [6.07, 6.45) is 3.40. The van der Waals surface area contributed by atoms with Gasteiger partial charge in [0.1, 0.15) is 0 Å². The highest BCUT2D eigenvalue weighted by molar-refractivity contribution is 7.90. The lowest BCUT2D eigenvalue weighted by molar-refractivity contribution is -0.141. The molecule has 1 N–H and O–H groups in total. The number of nitrogens with zero attached hydrogens (tertiary/aromatic N) is 1. The molecule has 2 aromatic rings. The predicted octanol–water partition coefficient (Wildman–Crippen LogP) is 1.84. The van der Waals surface area contributed by atoms with Crippen LogP contribution in [0, 0.1) is 5.92 Å². The highest BCUT2D eigenvalue weighted by Crippen LogP contribution is 2.26. The molecule has 1 aromatic carbocycles. The Morgan fingerprint density at radius 1 is 1.40 bits per heavy atom. The first-order valence-electron chi connectivity index (χ1n) is 6.21. The molecule has 0 saturated carbocycles. The molecule has 20 heavy (non-hydrogen) atoms. The van der Waals surface area contributed by atoms with E-state index in [0.717, 1.165) is 22.7 Å². The number of benzene rings is 1. The first-order chi connectivity index (χ1) is 9.20. The first kappa shape index (κ1) is 14.6. The molecule has 0 spiro atoms. The third-order valence-corrected chi connectivity index (χ3v) is 4.53. The Hall–Kier alpha value is -1.82. The predicted molar refractivity (Wildman–Crippen MR) is 76.5 cm³/mol. The van der Waals surface area contributed by atoms with E-state index in [-0.39, 0.29) is 4.90 Å². The average molecular weight is 295 g/mol. The summed E-state index contributed by atoms with van der Waals surface area (Å²) in [5.74, 6) is -1.37. The van der Waals surface area contributed by atoms with Crippen molar-refractivity contribution >= 4 is 26.7 Å². The number of aliphatic carboxylic acids is 1. The average Bonchev–Trinajstić information content (AvgIpc) is 2.65. The monoisotopic (exact) mass is 295 g/mol. The van der Waals surface area contributed by atoms with E-state index in [1.807, 2.05) is 17.8 Å². The lowest BCUT2D eigenvalue weighted by Gasteiger charge is -2.05. The molecule has 1 unspecified atom stereocenters. The molecule has 108 valence electrons. The van der Waals surface area contributed by atoms with Crippen LogP contribution in [-0.2, 0) is 28.1 Å². The molecule has 0 aliphatic rings. The molecule has 1 aromatic heterocycles. The summed E-state index contributed by atoms with van der Waals surface area (Å²) in [6.45, 7) is 1.64. The Bertz CT molecular complexity index is 774. The van der Waals surface area contributed by atoms with Crippen molar-refractivity contribution in [3.8, 4) is 0 Å². The van der Waals surface area contributed by atoms with Crippen molar-refractivity contribution in [1.29, 1.82) is 0 Å². The Morgan fingerprint density at radius 3 is 2.60 bits per heavy atom. The van der Waals surface area contributed by atoms with Gasteiger partial charge in [-0.05, 0) is 30.2 Å². The summed E-state index contributed by atoms with van der Waals surface area (Å²) in [5.41, 5.74) is 1.74. The van der Waals surface area contributed by atoms with Crippen molar-refractivity contribution in [3.63, 3.8) is 0 Å². The second-order valence-corrected chi connectivity index (χ2v) is 7.18. The van der Waals surface area contributed by atoms with Crippen LogP contribution in [-0.4, -0.2) is 30.3 Å². The van der Waals surface area contributed by atoms with Gasteiger partial charge in [-0.1, -0.05) is 6.92 Å². The van der Waals surface area contributed by atoms with Gasteiger partial charge in [-0.15, -0.1) is 0 Å². The highest BCUT2D eigenvalue weighted by Gasteiger charge is 2.17. The van der Waals surface area contributed by atoms with Crippen molar-refractivity contribution in [3.05, 3.63) is 30.0 Å². The third kappa shape index (κ3) is 2.70. The van der Waals surface area contributed by atoms with Gasteiger partial charge < -0.3 is 9.67 Å². The van der Waals surface area contributed by atoms with Gasteiger partial charge in [0.2, 0.25) is 0 Å². The molecule has 0 fully saturated rings. The van der Waals surface area contributed by atoms with E-state index in [9.17, 15) is 13.2 Å². The maximum absolute atomic E-state index is 11.6. The van der Waals surface area contributed by atoms with Crippen molar-refractivity contribution < 1.29 is 18.3 Å². The molecule has 5 nitrogen and oxygen atoms in total. The Morgan fingerprint density at radius 2 is 2.05 bits per heavy atom. The summed E-state index contributed by atoms with van der Waals surface area (Å²) in [4.78, 5) is 11.2. The molecule has 6 heteroatoms. The molecule has 0 bridgehead atoms. The van der Waals surface area contributed by atoms with Crippen LogP contribution in [0.3, 0.4) is 0 Å². The number of carboxylic acid groups (broad SMARTS) is 1. The second kappa shape index (κ2) is 4.94. The fourth-order valence-corrected chi connectivity index (χ4v) is 2.91. The van der Waals surface area contributed by atoms with Gasteiger partial charge in [0, 0.05) is 30.4 Å². The smallest absolute Gasteiger partial charge is 0.306 e. The van der Waals surface area contributed by atoms with Crippen molar-refractivity contribution in [2.45, 2.75) is 18.2 Å². The van der Waals surface area contributed by atoms with Gasteiger partial charge in [0.05, 0.1) is 10.8 Å². The number of fused-ring (bicyclic) bond motifs is 1. The lowest BCUT2D eigenvalue weighted by Crippen LogP contribution is -2.12. The summed E-state index contributed by atoms with van der Waals surface area (Å²) in [7, 11) is -1.41. The van der Waals surface area contributed by atoms with Crippen LogP contribution in [0.5, 0.6) is 0 Å². The number of aromatic nitrogens is 1. The molecule has 0 aliphatic carbocycles. The highest BCUT2D eigenvalue weighted by atomic mass is 32.2. The van der Waals surface area contributed by atoms with E-state index in [1.54, 1.807) is 25.1 Å². The summed E-state index contributed by atoms with van der Waals surface area (Å²) >= 11 is 0. The van der Waals surface area contributed by atoms with E-state index < -0.39 is 21.7 Å². The van der Waals surface area contributed by atoms with Gasteiger partial charge >= 0.3 is 5.97 Å². The van der Waals surface area contributed by atoms with Crippen molar-refractivity contribution in [2.24, 2.45) is 13.0 Å². The number of hydrogen-bond acceptors (Lipinski definition) is 3. The van der Waals surface area contributed by atoms with E-state index in [1.165, 1.54) is 0 Å². The first-order valence-corrected chi connectivity index (χ1v) is 8.10. The number of rotatable bonds is 4. The quantitative estimate of drug-likeness (QED) is 0.934. The summed E-state index contributed by atoms with van der Waals surface area (Å²) in [5, 5.41) is 9.80. The Balaban J connectivity index is 2.58. The second-order valence-electron chi connectivity index (χ2n) is 5.16. The third-order valence-electron chi connectivity index (χ3n) is 3.42. The van der Waals surface area contributed by atoms with E-state index in [4.69, 9.17) is 5.11 Å². The molecule has 0 radical (unpaired) electrons. The number of aryl methyl sites for hydroxylation is 1. The molecule has 0 aliphatic heterocycles. The summed E-state index contributed by atoms with van der Waals surface area (Å²) in [6, 6.07) is 4.94. The fraction of sp³-hybridized carbons (Fsp3) is 0.357. The number of carboxylic acids is 1. The van der Waals surface area contributed by atoms with Gasteiger partial charge in [-0.3, -0.25) is 4.79 Å². The number of hydrogen-bond donors (Lipinski definition) is 1. The summed E-state index contributed by atoms with van der Waals surface area (Å²) < 4.78 is 25.1. The van der Waals surface area contributed by atoms with Gasteiger partial charge in [0.25, 0.3) is 0 Å². The topological polar surface area (TPSA) is 76.4 Å². The van der Waals surface area contributed by atoms with Crippen LogP contribution in [0.2, 0.25) is 0 Å². The van der Waals surface area contributed by atoms with Gasteiger partial charge in [-0.2, -0.15) is 0 Å². The van der Waals surface area contributed by atoms with Crippen LogP contribution < -0.4 is 0 Å². The van der Waals surface area contributed by atoms with Gasteiger partial charge in [0.15, 0.2) is 9.84 Å². The molecule has 0 amide bonds. The maximum Gasteiger partial charge on any atom is 0.306 e.